The van der Waals surface area contributed by atoms with E-state index in [9.17, 15) is 4.79 Å². The molecule has 0 spiro atoms. The van der Waals surface area contributed by atoms with Crippen molar-refractivity contribution in [3.63, 3.8) is 0 Å². The van der Waals surface area contributed by atoms with Crippen LogP contribution in [0, 0.1) is 0 Å². The Morgan fingerprint density at radius 1 is 1.29 bits per heavy atom. The molecule has 2 heterocycles. The third-order valence-corrected chi connectivity index (χ3v) is 4.86. The molecular weight excluding hydrogens is 302 g/mol. The van der Waals surface area contributed by atoms with Crippen molar-refractivity contribution in [2.45, 2.75) is 57.4 Å². The summed E-state index contributed by atoms with van der Waals surface area (Å²) in [5.74, 6) is 0.151. The number of rotatable bonds is 6. The second-order valence-electron chi connectivity index (χ2n) is 6.72. The highest BCUT2D eigenvalue weighted by Crippen LogP contribution is 2.21. The van der Waals surface area contributed by atoms with Crippen LogP contribution in [0.15, 0.2) is 28.8 Å². The number of ketones is 1. The molecule has 2 aliphatic heterocycles. The minimum atomic E-state index is -0.0770. The number of nitrogens with zero attached hydrogens (tertiary/aromatic N) is 2. The lowest BCUT2D eigenvalue weighted by atomic mass is 9.98. The summed E-state index contributed by atoms with van der Waals surface area (Å²) in [5, 5.41) is 13.5. The number of hydrogen-bond acceptors (Lipinski definition) is 6. The van der Waals surface area contributed by atoms with Gasteiger partial charge in [0, 0.05) is 31.4 Å². The SMILES string of the molecule is NCCC(NC1=CCCCC1)C1=NN(C2=CNCCC2)CCC1=O. The van der Waals surface area contributed by atoms with Crippen molar-refractivity contribution in [1.29, 1.82) is 0 Å². The number of carbonyl (C=O) groups is 1. The lowest BCUT2D eigenvalue weighted by molar-refractivity contribution is -0.114. The molecule has 1 unspecified atom stereocenters. The molecule has 0 aromatic rings. The number of carbonyl (C=O) groups excluding carboxylic acids is 1. The van der Waals surface area contributed by atoms with E-state index in [0.29, 0.717) is 25.2 Å². The first-order chi connectivity index (χ1) is 11.8. The number of nitrogens with two attached hydrogens (primary N) is 1. The molecule has 4 N–H and O–H groups in total. The lowest BCUT2D eigenvalue weighted by Crippen LogP contribution is -2.46. The second kappa shape index (κ2) is 8.33. The van der Waals surface area contributed by atoms with E-state index >= 15 is 0 Å². The molecule has 0 bridgehead atoms. The van der Waals surface area contributed by atoms with Crippen molar-refractivity contribution in [2.75, 3.05) is 19.6 Å². The van der Waals surface area contributed by atoms with Crippen molar-refractivity contribution in [2.24, 2.45) is 10.8 Å². The molecule has 132 valence electrons. The van der Waals surface area contributed by atoms with Crippen LogP contribution < -0.4 is 16.4 Å². The van der Waals surface area contributed by atoms with E-state index in [1.165, 1.54) is 24.2 Å². The van der Waals surface area contributed by atoms with Crippen LogP contribution in [0.2, 0.25) is 0 Å². The van der Waals surface area contributed by atoms with Crippen molar-refractivity contribution in [1.82, 2.24) is 15.6 Å². The van der Waals surface area contributed by atoms with Crippen molar-refractivity contribution in [3.05, 3.63) is 23.7 Å². The zero-order valence-electron chi connectivity index (χ0n) is 14.4. The second-order valence-corrected chi connectivity index (χ2v) is 6.72. The first-order valence-corrected chi connectivity index (χ1v) is 9.25. The topological polar surface area (TPSA) is 82.8 Å². The Bertz CT molecular complexity index is 552. The van der Waals surface area contributed by atoms with Gasteiger partial charge >= 0.3 is 0 Å². The number of allylic oxidation sites excluding steroid dienone is 3. The molecule has 3 rings (SSSR count). The Balaban J connectivity index is 1.77. The van der Waals surface area contributed by atoms with Crippen LogP contribution in [0.3, 0.4) is 0 Å². The predicted molar refractivity (Wildman–Crippen MR) is 96.2 cm³/mol. The Labute approximate surface area is 144 Å². The van der Waals surface area contributed by atoms with Gasteiger partial charge < -0.3 is 16.4 Å². The van der Waals surface area contributed by atoms with Crippen molar-refractivity contribution in [3.8, 4) is 0 Å². The monoisotopic (exact) mass is 331 g/mol. The molecule has 0 saturated carbocycles. The fraction of sp³-hybridized carbons (Fsp3) is 0.667. The van der Waals surface area contributed by atoms with Crippen LogP contribution in [-0.2, 0) is 4.79 Å². The fourth-order valence-electron chi connectivity index (χ4n) is 3.52. The summed E-state index contributed by atoms with van der Waals surface area (Å²) in [5.41, 5.74) is 8.86. The highest BCUT2D eigenvalue weighted by atomic mass is 16.1. The normalized spacial score (nSPS) is 23.0. The Hall–Kier alpha value is -1.82. The number of hydrazone groups is 1. The molecule has 1 atom stereocenters. The molecular formula is C18H29N5O. The van der Waals surface area contributed by atoms with E-state index in [-0.39, 0.29) is 11.8 Å². The van der Waals surface area contributed by atoms with Gasteiger partial charge in [-0.2, -0.15) is 5.10 Å². The van der Waals surface area contributed by atoms with E-state index < -0.39 is 0 Å². The van der Waals surface area contributed by atoms with Crippen LogP contribution in [0.25, 0.3) is 0 Å². The van der Waals surface area contributed by atoms with Gasteiger partial charge in [-0.15, -0.1) is 0 Å². The van der Waals surface area contributed by atoms with Gasteiger partial charge in [0.2, 0.25) is 0 Å². The van der Waals surface area contributed by atoms with Crippen LogP contribution in [0.5, 0.6) is 0 Å². The third kappa shape index (κ3) is 4.17. The first-order valence-electron chi connectivity index (χ1n) is 9.25. The molecule has 24 heavy (non-hydrogen) atoms. The zero-order valence-corrected chi connectivity index (χ0v) is 14.4. The largest absolute Gasteiger partial charge is 0.389 e. The molecule has 0 aromatic carbocycles. The maximum atomic E-state index is 12.5. The van der Waals surface area contributed by atoms with Gasteiger partial charge in [-0.1, -0.05) is 6.08 Å². The van der Waals surface area contributed by atoms with Crippen molar-refractivity contribution < 1.29 is 4.79 Å². The van der Waals surface area contributed by atoms with Crippen LogP contribution >= 0.6 is 0 Å². The average Bonchev–Trinajstić information content (AvgIpc) is 2.63. The molecule has 0 amide bonds. The maximum absolute atomic E-state index is 12.5. The van der Waals surface area contributed by atoms with Gasteiger partial charge in [0.1, 0.15) is 5.71 Å². The van der Waals surface area contributed by atoms with Crippen molar-refractivity contribution >= 4 is 11.5 Å². The summed E-state index contributed by atoms with van der Waals surface area (Å²) in [6.45, 7) is 2.23. The number of nitrogens with one attached hydrogen (secondary N) is 2. The highest BCUT2D eigenvalue weighted by molar-refractivity contribution is 6.42. The Morgan fingerprint density at radius 2 is 2.21 bits per heavy atom. The Kier molecular flexibility index (Phi) is 5.91. The van der Waals surface area contributed by atoms with E-state index in [1.807, 2.05) is 11.2 Å². The van der Waals surface area contributed by atoms with Gasteiger partial charge in [0.05, 0.1) is 11.7 Å². The van der Waals surface area contributed by atoms with E-state index in [4.69, 9.17) is 10.8 Å². The van der Waals surface area contributed by atoms with Crippen LogP contribution in [0.1, 0.15) is 51.4 Å². The van der Waals surface area contributed by atoms with Gasteiger partial charge in [-0.3, -0.25) is 9.80 Å². The fourth-order valence-corrected chi connectivity index (χ4v) is 3.52. The molecule has 0 saturated heterocycles. The average molecular weight is 331 g/mol. The van der Waals surface area contributed by atoms with Gasteiger partial charge in [0.25, 0.3) is 0 Å². The van der Waals surface area contributed by atoms with E-state index in [2.05, 4.69) is 16.7 Å². The highest BCUT2D eigenvalue weighted by Gasteiger charge is 2.29. The van der Waals surface area contributed by atoms with Gasteiger partial charge in [-0.05, 0) is 51.5 Å². The lowest BCUT2D eigenvalue weighted by Gasteiger charge is -2.32. The zero-order chi connectivity index (χ0) is 16.8. The molecule has 6 heteroatoms. The standard InChI is InChI=1S/C18H29N5O/c19-10-8-16(21-14-5-2-1-3-6-14)18-17(24)9-12-23(22-18)15-7-4-11-20-13-15/h5,13,16,20-21H,1-4,6-12,19H2. The molecule has 6 nitrogen and oxygen atoms in total. The summed E-state index contributed by atoms with van der Waals surface area (Å²) in [7, 11) is 0. The quantitative estimate of drug-likeness (QED) is 0.689. The maximum Gasteiger partial charge on any atom is 0.182 e. The molecule has 3 aliphatic rings. The summed E-state index contributed by atoms with van der Waals surface area (Å²) in [4.78, 5) is 12.5. The van der Waals surface area contributed by atoms with Gasteiger partial charge in [0.15, 0.2) is 5.78 Å². The summed E-state index contributed by atoms with van der Waals surface area (Å²) >= 11 is 0. The van der Waals surface area contributed by atoms with Crippen LogP contribution in [0.4, 0.5) is 0 Å². The number of Topliss-reactive ketones (excluding diaryl/α,β-unsaturated/α-hetero) is 1. The smallest absolute Gasteiger partial charge is 0.182 e. The minimum absolute atomic E-state index is 0.0770. The first kappa shape index (κ1) is 17.0. The third-order valence-electron chi connectivity index (χ3n) is 4.86. The molecule has 1 aliphatic carbocycles. The number of hydrogen-bond donors (Lipinski definition) is 3. The summed E-state index contributed by atoms with van der Waals surface area (Å²) in [6, 6.07) is -0.0770. The van der Waals surface area contributed by atoms with Crippen LogP contribution in [-0.4, -0.2) is 42.2 Å². The predicted octanol–water partition coefficient (Wildman–Crippen LogP) is 1.61. The summed E-state index contributed by atoms with van der Waals surface area (Å²) < 4.78 is 0. The Morgan fingerprint density at radius 3 is 2.92 bits per heavy atom. The summed E-state index contributed by atoms with van der Waals surface area (Å²) in [6.07, 6.45) is 12.3. The minimum Gasteiger partial charge on any atom is -0.389 e. The van der Waals surface area contributed by atoms with Gasteiger partial charge in [-0.25, -0.2) is 0 Å². The van der Waals surface area contributed by atoms with E-state index in [0.717, 1.165) is 38.6 Å². The van der Waals surface area contributed by atoms with E-state index in [1.54, 1.807) is 0 Å². The molecule has 0 aromatic heterocycles. The molecule has 0 fully saturated rings. The molecule has 0 radical (unpaired) electrons.